The Morgan fingerprint density at radius 2 is 1.62 bits per heavy atom. The van der Waals surface area contributed by atoms with E-state index in [-0.39, 0.29) is 11.5 Å². The number of carbonyl (C=O) groups is 2. The molecule has 0 saturated heterocycles. The van der Waals surface area contributed by atoms with Crippen LogP contribution in [0.3, 0.4) is 0 Å². The largest absolute Gasteiger partial charge is 0.478 e. The summed E-state index contributed by atoms with van der Waals surface area (Å²) in [5, 5.41) is 9.21. The van der Waals surface area contributed by atoms with Gasteiger partial charge in [-0.25, -0.2) is 4.79 Å². The lowest BCUT2D eigenvalue weighted by Crippen LogP contribution is -2.28. The van der Waals surface area contributed by atoms with Crippen molar-refractivity contribution >= 4 is 11.9 Å². The summed E-state index contributed by atoms with van der Waals surface area (Å²) >= 11 is 0. The molecule has 1 aromatic heterocycles. The van der Waals surface area contributed by atoms with Crippen LogP contribution in [0.2, 0.25) is 0 Å². The number of unbranched alkanes of at least 4 members (excludes halogenated alkanes) is 5. The molecule has 0 spiro atoms. The smallest absolute Gasteiger partial charge is 0.337 e. The number of aromatic carboxylic acids is 1. The predicted molar refractivity (Wildman–Crippen MR) is 132 cm³/mol. The van der Waals surface area contributed by atoms with E-state index < -0.39 is 5.97 Å². The maximum atomic E-state index is 12.3. The minimum absolute atomic E-state index is 0.122. The molecule has 1 amide bonds. The molecule has 5 nitrogen and oxygen atoms in total. The number of hydrogen-bond acceptors (Lipinski definition) is 3. The number of rotatable bonds is 17. The SMILES string of the molecule is CCC=CCC=CCC=CCCCCCCCC(=O)N(C)CCc1ccncc1C(=O)O. The third-order valence-electron chi connectivity index (χ3n) is 5.33. The molecule has 176 valence electrons. The van der Waals surface area contributed by atoms with Crippen LogP contribution in [0.25, 0.3) is 0 Å². The standard InChI is InChI=1S/C27H40N2O3/c1-3-4-5-6-7-8-9-10-11-12-13-14-15-16-17-18-26(30)29(2)22-20-24-19-21-28-23-25(24)27(31)32/h4-5,7-8,10-11,19,21,23H,3,6,9,12-18,20,22H2,1-2H3,(H,31,32). The molecule has 0 saturated carbocycles. The van der Waals surface area contributed by atoms with E-state index in [0.717, 1.165) is 44.9 Å². The normalized spacial score (nSPS) is 11.7. The highest BCUT2D eigenvalue weighted by atomic mass is 16.4. The number of amides is 1. The average Bonchev–Trinajstić information content (AvgIpc) is 2.79. The third kappa shape index (κ3) is 12.9. The van der Waals surface area contributed by atoms with Gasteiger partial charge in [-0.2, -0.15) is 0 Å². The van der Waals surface area contributed by atoms with E-state index in [4.69, 9.17) is 0 Å². The van der Waals surface area contributed by atoms with Gasteiger partial charge in [-0.05, 0) is 56.6 Å². The lowest BCUT2D eigenvalue weighted by Gasteiger charge is -2.17. The number of carboxylic acids is 1. The van der Waals surface area contributed by atoms with Gasteiger partial charge in [0.05, 0.1) is 5.56 Å². The van der Waals surface area contributed by atoms with Crippen molar-refractivity contribution in [3.8, 4) is 0 Å². The van der Waals surface area contributed by atoms with E-state index in [1.165, 1.54) is 19.0 Å². The van der Waals surface area contributed by atoms with Crippen LogP contribution in [-0.2, 0) is 11.2 Å². The van der Waals surface area contributed by atoms with Gasteiger partial charge in [0.15, 0.2) is 0 Å². The number of hydrogen-bond donors (Lipinski definition) is 1. The zero-order valence-electron chi connectivity index (χ0n) is 19.8. The Hall–Kier alpha value is -2.69. The van der Waals surface area contributed by atoms with E-state index in [1.54, 1.807) is 24.2 Å². The number of carbonyl (C=O) groups excluding carboxylic acids is 1. The number of carboxylic acid groups (broad SMARTS) is 1. The molecule has 1 heterocycles. The van der Waals surface area contributed by atoms with Gasteiger partial charge in [0.25, 0.3) is 0 Å². The topological polar surface area (TPSA) is 70.5 Å². The van der Waals surface area contributed by atoms with Crippen LogP contribution < -0.4 is 0 Å². The Kier molecular flexibility index (Phi) is 15.3. The second kappa shape index (κ2) is 17.9. The Labute approximate surface area is 193 Å². The van der Waals surface area contributed by atoms with Crippen LogP contribution in [0.4, 0.5) is 0 Å². The summed E-state index contributed by atoms with van der Waals surface area (Å²) in [6.45, 7) is 2.66. The van der Waals surface area contributed by atoms with Crippen molar-refractivity contribution in [1.82, 2.24) is 9.88 Å². The van der Waals surface area contributed by atoms with Crippen LogP contribution in [0.15, 0.2) is 54.9 Å². The fourth-order valence-electron chi connectivity index (χ4n) is 3.33. The first-order valence-electron chi connectivity index (χ1n) is 11.9. The van der Waals surface area contributed by atoms with Gasteiger partial charge in [-0.3, -0.25) is 9.78 Å². The molecular formula is C27H40N2O3. The predicted octanol–water partition coefficient (Wildman–Crippen LogP) is 6.37. The lowest BCUT2D eigenvalue weighted by molar-refractivity contribution is -0.130. The van der Waals surface area contributed by atoms with Gasteiger partial charge in [0, 0.05) is 32.4 Å². The first-order valence-corrected chi connectivity index (χ1v) is 11.9. The third-order valence-corrected chi connectivity index (χ3v) is 5.33. The van der Waals surface area contributed by atoms with Crippen LogP contribution in [0.1, 0.15) is 87.1 Å². The Bertz CT molecular complexity index is 753. The van der Waals surface area contributed by atoms with Gasteiger partial charge < -0.3 is 10.0 Å². The summed E-state index contributed by atoms with van der Waals surface area (Å²) in [6, 6.07) is 1.71. The van der Waals surface area contributed by atoms with E-state index in [9.17, 15) is 14.7 Å². The van der Waals surface area contributed by atoms with Crippen molar-refractivity contribution in [3.05, 3.63) is 66.0 Å². The fraction of sp³-hybridized carbons (Fsp3) is 0.519. The monoisotopic (exact) mass is 440 g/mol. The molecule has 0 aromatic carbocycles. The number of likely N-dealkylation sites (N-methyl/N-ethyl adjacent to an activating group) is 1. The zero-order valence-corrected chi connectivity index (χ0v) is 19.8. The highest BCUT2D eigenvalue weighted by Gasteiger charge is 2.12. The maximum Gasteiger partial charge on any atom is 0.337 e. The van der Waals surface area contributed by atoms with Crippen LogP contribution in [0, 0.1) is 0 Å². The van der Waals surface area contributed by atoms with E-state index in [0.29, 0.717) is 24.9 Å². The highest BCUT2D eigenvalue weighted by molar-refractivity contribution is 5.88. The molecule has 0 fully saturated rings. The summed E-state index contributed by atoms with van der Waals surface area (Å²) in [6.07, 6.45) is 27.1. The van der Waals surface area contributed by atoms with Crippen molar-refractivity contribution in [2.24, 2.45) is 0 Å². The fourth-order valence-corrected chi connectivity index (χ4v) is 3.33. The minimum Gasteiger partial charge on any atom is -0.478 e. The number of allylic oxidation sites excluding steroid dienone is 6. The van der Waals surface area contributed by atoms with Crippen LogP contribution >= 0.6 is 0 Å². The first kappa shape index (κ1) is 27.3. The summed E-state index contributed by atoms with van der Waals surface area (Å²) in [4.78, 5) is 29.1. The molecule has 0 aliphatic carbocycles. The van der Waals surface area contributed by atoms with Crippen LogP contribution in [-0.4, -0.2) is 40.5 Å². The zero-order chi connectivity index (χ0) is 23.4. The molecule has 1 N–H and O–H groups in total. The first-order chi connectivity index (χ1) is 15.6. The van der Waals surface area contributed by atoms with Gasteiger partial charge in [-0.15, -0.1) is 0 Å². The van der Waals surface area contributed by atoms with Gasteiger partial charge in [-0.1, -0.05) is 62.6 Å². The molecule has 0 aliphatic heterocycles. The number of nitrogens with zero attached hydrogens (tertiary/aromatic N) is 2. The van der Waals surface area contributed by atoms with E-state index >= 15 is 0 Å². The second-order valence-electron chi connectivity index (χ2n) is 8.00. The van der Waals surface area contributed by atoms with Crippen molar-refractivity contribution in [3.63, 3.8) is 0 Å². The molecule has 0 bridgehead atoms. The maximum absolute atomic E-state index is 12.3. The summed E-state index contributed by atoms with van der Waals surface area (Å²) in [7, 11) is 1.79. The van der Waals surface area contributed by atoms with Gasteiger partial charge in [0.2, 0.25) is 5.91 Å². The van der Waals surface area contributed by atoms with Crippen molar-refractivity contribution < 1.29 is 14.7 Å². The van der Waals surface area contributed by atoms with Gasteiger partial charge in [0.1, 0.15) is 0 Å². The highest BCUT2D eigenvalue weighted by Crippen LogP contribution is 2.11. The number of aromatic nitrogens is 1. The van der Waals surface area contributed by atoms with Crippen molar-refractivity contribution in [2.75, 3.05) is 13.6 Å². The van der Waals surface area contributed by atoms with E-state index in [1.807, 2.05) is 0 Å². The number of pyridine rings is 1. The average molecular weight is 441 g/mol. The summed E-state index contributed by atoms with van der Waals surface area (Å²) in [5.41, 5.74) is 0.917. The molecule has 32 heavy (non-hydrogen) atoms. The molecule has 0 radical (unpaired) electrons. The molecule has 1 rings (SSSR count). The molecule has 1 aromatic rings. The molecule has 0 atom stereocenters. The lowest BCUT2D eigenvalue weighted by atomic mass is 10.1. The molecular weight excluding hydrogens is 400 g/mol. The molecule has 0 aliphatic rings. The van der Waals surface area contributed by atoms with Crippen molar-refractivity contribution in [1.29, 1.82) is 0 Å². The molecule has 5 heteroatoms. The second-order valence-corrected chi connectivity index (χ2v) is 8.00. The van der Waals surface area contributed by atoms with E-state index in [2.05, 4.69) is 48.4 Å². The van der Waals surface area contributed by atoms with Gasteiger partial charge >= 0.3 is 5.97 Å². The van der Waals surface area contributed by atoms with Crippen LogP contribution in [0.5, 0.6) is 0 Å². The quantitative estimate of drug-likeness (QED) is 0.226. The summed E-state index contributed by atoms with van der Waals surface area (Å²) < 4.78 is 0. The Morgan fingerprint density at radius 3 is 2.34 bits per heavy atom. The summed E-state index contributed by atoms with van der Waals surface area (Å²) in [5.74, 6) is -0.859. The Morgan fingerprint density at radius 1 is 0.969 bits per heavy atom. The van der Waals surface area contributed by atoms with Crippen molar-refractivity contribution in [2.45, 2.75) is 77.6 Å². The molecule has 0 unspecified atom stereocenters. The minimum atomic E-state index is -0.982. The Balaban J connectivity index is 2.06.